The summed E-state index contributed by atoms with van der Waals surface area (Å²) in [5.74, 6) is -0.910. The molecule has 1 heterocycles. The highest BCUT2D eigenvalue weighted by Gasteiger charge is 2.48. The van der Waals surface area contributed by atoms with Crippen molar-refractivity contribution in [2.24, 2.45) is 0 Å². The molecule has 0 radical (unpaired) electrons. The Balaban J connectivity index is 2.85. The lowest BCUT2D eigenvalue weighted by Crippen LogP contribution is -2.61. The summed E-state index contributed by atoms with van der Waals surface area (Å²) in [4.78, 5) is 11.7. The molecule has 130 valence electrons. The second-order valence-corrected chi connectivity index (χ2v) is 5.24. The number of hydrogen-bond acceptors (Lipinski definition) is 9. The quantitative estimate of drug-likeness (QED) is 0.335. The predicted octanol–water partition coefficient (Wildman–Crippen LogP) is -2.49. The minimum Gasteiger partial charge on any atom is -0.467 e. The van der Waals surface area contributed by atoms with E-state index in [2.05, 4.69) is 4.74 Å². The number of rotatable bonds is 6. The molecule has 22 heavy (non-hydrogen) atoms. The molecule has 0 aliphatic carbocycles. The van der Waals surface area contributed by atoms with Crippen molar-refractivity contribution in [3.8, 4) is 0 Å². The fraction of sp³-hybridized carbons (Fsp3) is 0.923. The zero-order chi connectivity index (χ0) is 17.1. The Morgan fingerprint density at radius 3 is 2.32 bits per heavy atom. The van der Waals surface area contributed by atoms with Crippen molar-refractivity contribution in [3.63, 3.8) is 0 Å². The first kappa shape index (κ1) is 19.2. The maximum Gasteiger partial charge on any atom is 0.340 e. The van der Waals surface area contributed by atoms with E-state index in [0.717, 1.165) is 7.11 Å². The van der Waals surface area contributed by atoms with Crippen molar-refractivity contribution in [2.45, 2.75) is 62.7 Å². The minimum atomic E-state index is -1.96. The SMILES string of the molecule is CC[C@@](O)(C(=O)OC)[C@@H](C)O[C@@H]1O[C@H](CO)[C@@H](O)[C@H](O)[C@H]1O. The molecule has 0 aromatic rings. The highest BCUT2D eigenvalue weighted by Crippen LogP contribution is 2.27. The summed E-state index contributed by atoms with van der Waals surface area (Å²) in [6.07, 6.45) is -8.45. The van der Waals surface area contributed by atoms with Crippen LogP contribution in [0.3, 0.4) is 0 Å². The van der Waals surface area contributed by atoms with E-state index in [1.165, 1.54) is 6.92 Å². The number of aliphatic hydroxyl groups is 5. The number of carbonyl (C=O) groups excluding carboxylic acids is 1. The minimum absolute atomic E-state index is 0.0156. The molecule has 1 aliphatic heterocycles. The molecule has 1 fully saturated rings. The highest BCUT2D eigenvalue weighted by atomic mass is 16.7. The molecule has 1 saturated heterocycles. The molecule has 0 spiro atoms. The molecule has 0 amide bonds. The average molecular weight is 324 g/mol. The number of esters is 1. The van der Waals surface area contributed by atoms with Gasteiger partial charge in [0.05, 0.1) is 19.8 Å². The molecular weight excluding hydrogens is 300 g/mol. The second kappa shape index (κ2) is 7.64. The molecule has 0 aromatic carbocycles. The number of ether oxygens (including phenoxy) is 3. The fourth-order valence-electron chi connectivity index (χ4n) is 2.27. The summed E-state index contributed by atoms with van der Waals surface area (Å²) in [5, 5.41) is 48.6. The van der Waals surface area contributed by atoms with Crippen LogP contribution in [0.4, 0.5) is 0 Å². The molecule has 7 atom stereocenters. The summed E-state index contributed by atoms with van der Waals surface area (Å²) in [6, 6.07) is 0. The molecule has 9 nitrogen and oxygen atoms in total. The number of hydrogen-bond donors (Lipinski definition) is 5. The Morgan fingerprint density at radius 1 is 1.27 bits per heavy atom. The third-order valence-corrected chi connectivity index (χ3v) is 3.94. The largest absolute Gasteiger partial charge is 0.467 e. The van der Waals surface area contributed by atoms with Crippen molar-refractivity contribution < 1.29 is 44.5 Å². The third-order valence-electron chi connectivity index (χ3n) is 3.94. The molecule has 0 aromatic heterocycles. The van der Waals surface area contributed by atoms with Crippen LogP contribution in [0.1, 0.15) is 20.3 Å². The summed E-state index contributed by atoms with van der Waals surface area (Å²) in [7, 11) is 1.11. The fourth-order valence-corrected chi connectivity index (χ4v) is 2.27. The van der Waals surface area contributed by atoms with Crippen LogP contribution < -0.4 is 0 Å². The highest BCUT2D eigenvalue weighted by molar-refractivity contribution is 5.79. The lowest BCUT2D eigenvalue weighted by atomic mass is 9.94. The Kier molecular flexibility index (Phi) is 6.68. The van der Waals surface area contributed by atoms with E-state index in [-0.39, 0.29) is 6.42 Å². The van der Waals surface area contributed by atoms with Crippen LogP contribution in [0.2, 0.25) is 0 Å². The van der Waals surface area contributed by atoms with Gasteiger partial charge in [-0.05, 0) is 13.3 Å². The molecule has 0 saturated carbocycles. The van der Waals surface area contributed by atoms with Crippen LogP contribution in [-0.2, 0) is 19.0 Å². The summed E-state index contributed by atoms with van der Waals surface area (Å²) in [6.45, 7) is 2.32. The standard InChI is InChI=1S/C13H24O9/c1-4-13(19,12(18)20-3)6(2)21-11-10(17)9(16)8(15)7(5-14)22-11/h6-11,14-17,19H,4-5H2,1-3H3/t6-,7-,8-,9+,10-,11-,13+/m1/s1. The van der Waals surface area contributed by atoms with Gasteiger partial charge in [0.25, 0.3) is 0 Å². The van der Waals surface area contributed by atoms with E-state index in [1.807, 2.05) is 0 Å². The average Bonchev–Trinajstić information content (AvgIpc) is 2.53. The van der Waals surface area contributed by atoms with Crippen molar-refractivity contribution in [1.82, 2.24) is 0 Å². The smallest absolute Gasteiger partial charge is 0.340 e. The molecule has 5 N–H and O–H groups in total. The first-order chi connectivity index (χ1) is 10.2. The van der Waals surface area contributed by atoms with E-state index < -0.39 is 55.0 Å². The van der Waals surface area contributed by atoms with E-state index in [1.54, 1.807) is 6.92 Å². The van der Waals surface area contributed by atoms with Crippen LogP contribution in [0, 0.1) is 0 Å². The molecule has 1 rings (SSSR count). The van der Waals surface area contributed by atoms with Gasteiger partial charge in [-0.3, -0.25) is 0 Å². The van der Waals surface area contributed by atoms with Crippen molar-refractivity contribution in [2.75, 3.05) is 13.7 Å². The van der Waals surface area contributed by atoms with Gasteiger partial charge in [0.15, 0.2) is 11.9 Å². The lowest BCUT2D eigenvalue weighted by molar-refractivity contribution is -0.320. The first-order valence-electron chi connectivity index (χ1n) is 6.99. The number of carbonyl (C=O) groups is 1. The Hall–Kier alpha value is -0.810. The van der Waals surface area contributed by atoms with Gasteiger partial charge in [-0.15, -0.1) is 0 Å². The van der Waals surface area contributed by atoms with Gasteiger partial charge in [-0.2, -0.15) is 0 Å². The third kappa shape index (κ3) is 3.57. The number of methoxy groups -OCH3 is 1. The van der Waals surface area contributed by atoms with E-state index in [0.29, 0.717) is 0 Å². The van der Waals surface area contributed by atoms with Crippen molar-refractivity contribution >= 4 is 5.97 Å². The van der Waals surface area contributed by atoms with Crippen LogP contribution in [-0.4, -0.2) is 87.6 Å². The Bertz CT molecular complexity index is 375. The second-order valence-electron chi connectivity index (χ2n) is 5.24. The van der Waals surface area contributed by atoms with Gasteiger partial charge in [-0.1, -0.05) is 6.92 Å². The maximum atomic E-state index is 11.7. The van der Waals surface area contributed by atoms with Crippen LogP contribution >= 0.6 is 0 Å². The van der Waals surface area contributed by atoms with Crippen LogP contribution in [0.5, 0.6) is 0 Å². The molecular formula is C13H24O9. The molecule has 0 bridgehead atoms. The maximum absolute atomic E-state index is 11.7. The summed E-state index contributed by atoms with van der Waals surface area (Å²) in [5.41, 5.74) is -1.96. The zero-order valence-electron chi connectivity index (χ0n) is 12.7. The van der Waals surface area contributed by atoms with Gasteiger partial charge >= 0.3 is 5.97 Å². The van der Waals surface area contributed by atoms with Crippen LogP contribution in [0.15, 0.2) is 0 Å². The molecule has 9 heteroatoms. The first-order valence-corrected chi connectivity index (χ1v) is 6.99. The zero-order valence-corrected chi connectivity index (χ0v) is 12.7. The van der Waals surface area contributed by atoms with Gasteiger partial charge < -0.3 is 39.7 Å². The van der Waals surface area contributed by atoms with E-state index in [9.17, 15) is 25.2 Å². The van der Waals surface area contributed by atoms with E-state index >= 15 is 0 Å². The van der Waals surface area contributed by atoms with Gasteiger partial charge in [-0.25, -0.2) is 4.79 Å². The summed E-state index contributed by atoms with van der Waals surface area (Å²) >= 11 is 0. The van der Waals surface area contributed by atoms with Crippen LogP contribution in [0.25, 0.3) is 0 Å². The monoisotopic (exact) mass is 324 g/mol. The number of aliphatic hydroxyl groups excluding tert-OH is 4. The predicted molar refractivity (Wildman–Crippen MR) is 71.6 cm³/mol. The Morgan fingerprint density at radius 2 is 1.86 bits per heavy atom. The molecule has 0 unspecified atom stereocenters. The molecule has 1 aliphatic rings. The van der Waals surface area contributed by atoms with E-state index in [4.69, 9.17) is 14.6 Å². The summed E-state index contributed by atoms with van der Waals surface area (Å²) < 4.78 is 15.0. The Labute approximate surface area is 128 Å². The van der Waals surface area contributed by atoms with Gasteiger partial charge in [0.1, 0.15) is 24.4 Å². The van der Waals surface area contributed by atoms with Gasteiger partial charge in [0.2, 0.25) is 0 Å². The van der Waals surface area contributed by atoms with Crippen molar-refractivity contribution in [3.05, 3.63) is 0 Å². The van der Waals surface area contributed by atoms with Gasteiger partial charge in [0, 0.05) is 0 Å². The lowest BCUT2D eigenvalue weighted by Gasteiger charge is -2.42. The normalized spacial score (nSPS) is 36.5. The van der Waals surface area contributed by atoms with Crippen molar-refractivity contribution in [1.29, 1.82) is 0 Å². The topological polar surface area (TPSA) is 146 Å².